The van der Waals surface area contributed by atoms with Crippen molar-refractivity contribution in [1.82, 2.24) is 20.4 Å². The van der Waals surface area contributed by atoms with E-state index in [9.17, 15) is 9.59 Å². The summed E-state index contributed by atoms with van der Waals surface area (Å²) in [6.45, 7) is 5.25. The van der Waals surface area contributed by atoms with E-state index in [1.807, 2.05) is 9.80 Å². The lowest BCUT2D eigenvalue weighted by atomic mass is 9.72. The van der Waals surface area contributed by atoms with E-state index in [0.29, 0.717) is 19.6 Å². The van der Waals surface area contributed by atoms with Gasteiger partial charge in [-0.25, -0.2) is 4.79 Å². The summed E-state index contributed by atoms with van der Waals surface area (Å²) < 4.78 is 6.27. The average molecular weight is 509 g/mol. The number of likely N-dealkylation sites (tertiary alicyclic amines) is 2. The molecular formula is C25H37ClN4O3S. The second-order valence-electron chi connectivity index (χ2n) is 10.5. The van der Waals surface area contributed by atoms with Crippen molar-refractivity contribution in [2.75, 3.05) is 32.8 Å². The smallest absolute Gasteiger partial charge is 0.319 e. The number of nitrogens with zero attached hydrogens (tertiary/aromatic N) is 2. The minimum absolute atomic E-state index is 0.0242. The number of amides is 3. The first-order valence-electron chi connectivity index (χ1n) is 12.8. The second-order valence-corrected chi connectivity index (χ2v) is 12.6. The van der Waals surface area contributed by atoms with Crippen molar-refractivity contribution in [1.29, 1.82) is 0 Å². The maximum atomic E-state index is 13.3. The number of hydrogen-bond donors (Lipinski definition) is 2. The van der Waals surface area contributed by atoms with Gasteiger partial charge in [-0.05, 0) is 50.5 Å². The van der Waals surface area contributed by atoms with Crippen molar-refractivity contribution in [2.45, 2.75) is 68.1 Å². The molecule has 0 saturated carbocycles. The third kappa shape index (κ3) is 5.09. The van der Waals surface area contributed by atoms with E-state index >= 15 is 0 Å². The molecule has 9 heteroatoms. The van der Waals surface area contributed by atoms with Crippen molar-refractivity contribution < 1.29 is 14.3 Å². The molecule has 3 heterocycles. The van der Waals surface area contributed by atoms with Crippen LogP contribution >= 0.6 is 23.4 Å². The van der Waals surface area contributed by atoms with Crippen LogP contribution in [0.2, 0.25) is 0 Å². The Morgan fingerprint density at radius 2 is 2.21 bits per heavy atom. The summed E-state index contributed by atoms with van der Waals surface area (Å²) in [5.74, 6) is 2.14. The Morgan fingerprint density at radius 1 is 1.32 bits per heavy atom. The summed E-state index contributed by atoms with van der Waals surface area (Å²) in [6.07, 6.45) is 14.3. The lowest BCUT2D eigenvalue weighted by Gasteiger charge is -2.34. The van der Waals surface area contributed by atoms with Gasteiger partial charge >= 0.3 is 6.03 Å². The summed E-state index contributed by atoms with van der Waals surface area (Å²) in [6, 6.07) is 0.105. The molecule has 3 saturated heterocycles. The number of alkyl halides is 1. The molecule has 0 bridgehead atoms. The van der Waals surface area contributed by atoms with Crippen molar-refractivity contribution in [3.63, 3.8) is 0 Å². The zero-order valence-corrected chi connectivity index (χ0v) is 21.6. The van der Waals surface area contributed by atoms with E-state index in [0.717, 1.165) is 50.5 Å². The van der Waals surface area contributed by atoms with Gasteiger partial charge in [0.05, 0.1) is 17.1 Å². The topological polar surface area (TPSA) is 73.9 Å². The largest absolute Gasteiger partial charge is 0.498 e. The van der Waals surface area contributed by atoms with Crippen LogP contribution in [0.25, 0.3) is 0 Å². The second kappa shape index (κ2) is 10.3. The van der Waals surface area contributed by atoms with Crippen LogP contribution in [-0.2, 0) is 9.53 Å². The van der Waals surface area contributed by atoms with Crippen LogP contribution in [0.15, 0.2) is 24.0 Å². The molecule has 3 amide bonds. The lowest BCUT2D eigenvalue weighted by Crippen LogP contribution is -2.50. The van der Waals surface area contributed by atoms with Crippen molar-refractivity contribution in [3.8, 4) is 0 Å². The zero-order chi connectivity index (χ0) is 23.7. The van der Waals surface area contributed by atoms with Crippen LogP contribution in [-0.4, -0.2) is 70.8 Å². The molecule has 6 atom stereocenters. The highest BCUT2D eigenvalue weighted by molar-refractivity contribution is 8.01. The fraction of sp³-hybridized carbons (Fsp3) is 0.760. The molecule has 3 aliphatic heterocycles. The van der Waals surface area contributed by atoms with Crippen LogP contribution < -0.4 is 10.6 Å². The van der Waals surface area contributed by atoms with E-state index in [4.69, 9.17) is 16.3 Å². The summed E-state index contributed by atoms with van der Waals surface area (Å²) in [7, 11) is 0. The standard InChI is InChI=1S/C25H37ClN4O3S/c1-17(31)29-11-10-25(15-29)16-30(24(32)28-23-27-14-22(26)34-23)21-8-7-19(13-20(21)25)33-12-9-18-5-3-2-4-6-18/h2-3,13,18,20-23,27H,4-12,14-16H2,1H3,(H,28,32). The van der Waals surface area contributed by atoms with Crippen molar-refractivity contribution in [2.24, 2.45) is 17.3 Å². The van der Waals surface area contributed by atoms with Gasteiger partial charge in [0.2, 0.25) is 5.91 Å². The summed E-state index contributed by atoms with van der Waals surface area (Å²) in [4.78, 5) is 29.4. The quantitative estimate of drug-likeness (QED) is 0.436. The lowest BCUT2D eigenvalue weighted by molar-refractivity contribution is -0.128. The number of rotatable bonds is 5. The fourth-order valence-electron chi connectivity index (χ4n) is 6.47. The van der Waals surface area contributed by atoms with Crippen LogP contribution in [0.1, 0.15) is 51.9 Å². The predicted octanol–water partition coefficient (Wildman–Crippen LogP) is 3.86. The van der Waals surface area contributed by atoms with Gasteiger partial charge in [0.25, 0.3) is 0 Å². The normalized spacial score (nSPS) is 37.1. The van der Waals surface area contributed by atoms with Crippen LogP contribution in [0.4, 0.5) is 4.79 Å². The zero-order valence-electron chi connectivity index (χ0n) is 20.0. The highest BCUT2D eigenvalue weighted by Gasteiger charge is 2.57. The number of ether oxygens (including phenoxy) is 1. The monoisotopic (exact) mass is 508 g/mol. The molecule has 7 nitrogen and oxygen atoms in total. The van der Waals surface area contributed by atoms with Gasteiger partial charge < -0.3 is 19.9 Å². The predicted molar refractivity (Wildman–Crippen MR) is 135 cm³/mol. The summed E-state index contributed by atoms with van der Waals surface area (Å²) in [5.41, 5.74) is -0.253. The fourth-order valence-corrected chi connectivity index (χ4v) is 7.71. The third-order valence-corrected chi connectivity index (χ3v) is 9.83. The van der Waals surface area contributed by atoms with E-state index in [1.165, 1.54) is 31.0 Å². The highest BCUT2D eigenvalue weighted by atomic mass is 35.5. The van der Waals surface area contributed by atoms with Gasteiger partial charge in [0, 0.05) is 56.9 Å². The SMILES string of the molecule is CC(=O)N1CCC2(C1)CN(C(=O)NC1NCC(Cl)S1)C1CCC(OCCC3CC=CCC3)=CC12. The Bertz CT molecular complexity index is 854. The number of urea groups is 1. The average Bonchev–Trinajstić information content (AvgIpc) is 3.53. The van der Waals surface area contributed by atoms with Gasteiger partial charge in [0.1, 0.15) is 5.50 Å². The Balaban J connectivity index is 1.28. The number of thioether (sulfide) groups is 1. The number of allylic oxidation sites excluding steroid dienone is 3. The van der Waals surface area contributed by atoms with Crippen LogP contribution in [0.3, 0.4) is 0 Å². The van der Waals surface area contributed by atoms with Gasteiger partial charge in [-0.15, -0.1) is 23.4 Å². The van der Waals surface area contributed by atoms with Crippen molar-refractivity contribution >= 4 is 35.3 Å². The number of carbonyl (C=O) groups is 2. The van der Waals surface area contributed by atoms with E-state index < -0.39 is 0 Å². The molecule has 5 aliphatic rings. The number of carbonyl (C=O) groups excluding carboxylic acids is 2. The minimum Gasteiger partial charge on any atom is -0.498 e. The molecule has 3 fully saturated rings. The van der Waals surface area contributed by atoms with Gasteiger partial charge in [0.15, 0.2) is 0 Å². The van der Waals surface area contributed by atoms with Crippen LogP contribution in [0.5, 0.6) is 0 Å². The molecule has 0 aromatic heterocycles. The number of halogens is 1. The Morgan fingerprint density at radius 3 is 2.91 bits per heavy atom. The molecule has 2 N–H and O–H groups in total. The minimum atomic E-state index is -0.157. The van der Waals surface area contributed by atoms with Gasteiger partial charge in [-0.1, -0.05) is 12.2 Å². The highest BCUT2D eigenvalue weighted by Crippen LogP contribution is 2.51. The molecule has 5 rings (SSSR count). The van der Waals surface area contributed by atoms with E-state index in [1.54, 1.807) is 6.92 Å². The first-order valence-corrected chi connectivity index (χ1v) is 14.2. The number of nitrogens with one attached hydrogen (secondary N) is 2. The Kier molecular flexibility index (Phi) is 7.38. The number of fused-ring (bicyclic) bond motifs is 2. The first-order chi connectivity index (χ1) is 16.4. The maximum absolute atomic E-state index is 13.3. The molecule has 188 valence electrons. The van der Waals surface area contributed by atoms with Crippen molar-refractivity contribution in [3.05, 3.63) is 24.0 Å². The molecular weight excluding hydrogens is 472 g/mol. The summed E-state index contributed by atoms with van der Waals surface area (Å²) in [5, 5.41) is 6.38. The Hall–Kier alpha value is -1.38. The third-order valence-electron chi connectivity index (χ3n) is 8.34. The van der Waals surface area contributed by atoms with Gasteiger partial charge in [-0.2, -0.15) is 0 Å². The molecule has 2 aliphatic carbocycles. The van der Waals surface area contributed by atoms with E-state index in [2.05, 4.69) is 28.9 Å². The molecule has 0 aromatic carbocycles. The molecule has 1 spiro atoms. The molecule has 0 aromatic rings. The molecule has 6 unspecified atom stereocenters. The maximum Gasteiger partial charge on any atom is 0.319 e. The summed E-state index contributed by atoms with van der Waals surface area (Å²) >= 11 is 7.72. The first kappa shape index (κ1) is 24.3. The van der Waals surface area contributed by atoms with Gasteiger partial charge in [-0.3, -0.25) is 10.1 Å². The molecule has 34 heavy (non-hydrogen) atoms. The Labute approximate surface area is 212 Å². The van der Waals surface area contributed by atoms with Crippen LogP contribution in [0, 0.1) is 17.3 Å². The molecule has 0 radical (unpaired) electrons. The van der Waals surface area contributed by atoms with E-state index in [-0.39, 0.29) is 39.5 Å². The number of hydrogen-bond acceptors (Lipinski definition) is 5.